The van der Waals surface area contributed by atoms with Gasteiger partial charge in [-0.3, -0.25) is 0 Å². The third kappa shape index (κ3) is 3.06. The number of anilines is 1. The van der Waals surface area contributed by atoms with Crippen molar-refractivity contribution >= 4 is 11.8 Å². The van der Waals surface area contributed by atoms with Crippen LogP contribution in [-0.2, 0) is 0 Å². The lowest BCUT2D eigenvalue weighted by molar-refractivity contribution is 0.0697. The first-order chi connectivity index (χ1) is 8.99. The van der Waals surface area contributed by atoms with Crippen LogP contribution in [0.15, 0.2) is 12.1 Å². The van der Waals surface area contributed by atoms with Crippen molar-refractivity contribution in [2.45, 2.75) is 45.6 Å². The first-order valence-electron chi connectivity index (χ1n) is 6.92. The van der Waals surface area contributed by atoms with Gasteiger partial charge in [0.05, 0.1) is 0 Å². The van der Waals surface area contributed by atoms with Crippen molar-refractivity contribution < 1.29 is 9.90 Å². The number of nitrogens with zero attached hydrogens (tertiary/aromatic N) is 2. The minimum atomic E-state index is -0.904. The third-order valence-corrected chi connectivity index (χ3v) is 4.04. The molecular weight excluding hydrogens is 240 g/mol. The molecule has 2 unspecified atom stereocenters. The lowest BCUT2D eigenvalue weighted by Gasteiger charge is -2.35. The van der Waals surface area contributed by atoms with Gasteiger partial charge in [0, 0.05) is 18.8 Å². The fraction of sp³-hybridized carbons (Fsp3) is 0.600. The van der Waals surface area contributed by atoms with Crippen LogP contribution in [0.25, 0.3) is 0 Å². The Morgan fingerprint density at radius 3 is 2.79 bits per heavy atom. The first kappa shape index (κ1) is 13.8. The number of hydrogen-bond acceptors (Lipinski definition) is 3. The molecule has 0 saturated heterocycles. The molecular formula is C15H22N2O2. The molecule has 1 aromatic rings. The molecule has 2 rings (SSSR count). The number of hydrogen-bond donors (Lipinski definition) is 1. The molecule has 1 heterocycles. The third-order valence-electron chi connectivity index (χ3n) is 4.04. The van der Waals surface area contributed by atoms with Crippen molar-refractivity contribution in [3.8, 4) is 0 Å². The molecule has 0 radical (unpaired) electrons. The molecule has 1 saturated carbocycles. The van der Waals surface area contributed by atoms with Crippen LogP contribution in [0.5, 0.6) is 0 Å². The fourth-order valence-corrected chi connectivity index (χ4v) is 2.91. The summed E-state index contributed by atoms with van der Waals surface area (Å²) in [6.07, 6.45) is 4.72. The van der Waals surface area contributed by atoms with E-state index in [1.807, 2.05) is 14.0 Å². The van der Waals surface area contributed by atoms with E-state index in [0.717, 1.165) is 18.5 Å². The van der Waals surface area contributed by atoms with Crippen molar-refractivity contribution in [3.63, 3.8) is 0 Å². The van der Waals surface area contributed by atoms with Crippen molar-refractivity contribution in [2.75, 3.05) is 11.9 Å². The highest BCUT2D eigenvalue weighted by Crippen LogP contribution is 2.30. The molecule has 1 N–H and O–H groups in total. The monoisotopic (exact) mass is 262 g/mol. The number of aromatic nitrogens is 1. The average molecular weight is 262 g/mol. The number of carboxylic acid groups (broad SMARTS) is 1. The largest absolute Gasteiger partial charge is 0.478 e. The normalized spacial score (nSPS) is 23.1. The van der Waals surface area contributed by atoms with Gasteiger partial charge < -0.3 is 10.0 Å². The Morgan fingerprint density at radius 2 is 2.16 bits per heavy atom. The number of carboxylic acids is 1. The molecule has 104 valence electrons. The molecule has 1 aliphatic rings. The van der Waals surface area contributed by atoms with Gasteiger partial charge in [0.15, 0.2) is 0 Å². The summed E-state index contributed by atoms with van der Waals surface area (Å²) in [7, 11) is 1.97. The minimum absolute atomic E-state index is 0.298. The maximum Gasteiger partial charge on any atom is 0.339 e. The van der Waals surface area contributed by atoms with Gasteiger partial charge in [0.25, 0.3) is 0 Å². The number of pyridine rings is 1. The highest BCUT2D eigenvalue weighted by molar-refractivity contribution is 5.93. The Balaban J connectivity index is 2.29. The standard InChI is InChI=1S/C15H22N2O2/c1-10-5-4-6-12(9-10)17(3)14-13(15(18)19)8-7-11(2)16-14/h7-8,10,12H,4-6,9H2,1-3H3,(H,18,19). The van der Waals surface area contributed by atoms with Crippen LogP contribution in [-0.4, -0.2) is 29.1 Å². The zero-order valence-corrected chi connectivity index (χ0v) is 11.9. The van der Waals surface area contributed by atoms with Crippen LogP contribution in [0, 0.1) is 12.8 Å². The molecule has 19 heavy (non-hydrogen) atoms. The highest BCUT2D eigenvalue weighted by Gasteiger charge is 2.26. The van der Waals surface area contributed by atoms with Crippen molar-refractivity contribution in [2.24, 2.45) is 5.92 Å². The van der Waals surface area contributed by atoms with Crippen LogP contribution in [0.4, 0.5) is 5.82 Å². The Morgan fingerprint density at radius 1 is 1.42 bits per heavy atom. The number of carbonyl (C=O) groups is 1. The predicted molar refractivity (Wildman–Crippen MR) is 75.8 cm³/mol. The van der Waals surface area contributed by atoms with Crippen LogP contribution < -0.4 is 4.90 Å². The van der Waals surface area contributed by atoms with Crippen molar-refractivity contribution in [1.29, 1.82) is 0 Å². The number of aromatic carboxylic acids is 1. The van der Waals surface area contributed by atoms with E-state index in [1.165, 1.54) is 12.8 Å². The van der Waals surface area contributed by atoms with E-state index in [-0.39, 0.29) is 0 Å². The topological polar surface area (TPSA) is 53.4 Å². The van der Waals surface area contributed by atoms with Crippen LogP contribution in [0.2, 0.25) is 0 Å². The summed E-state index contributed by atoms with van der Waals surface area (Å²) in [5.74, 6) is 0.407. The predicted octanol–water partition coefficient (Wildman–Crippen LogP) is 3.10. The van der Waals surface area contributed by atoms with Crippen molar-refractivity contribution in [3.05, 3.63) is 23.4 Å². The van der Waals surface area contributed by atoms with Crippen LogP contribution in [0.1, 0.15) is 48.7 Å². The molecule has 1 fully saturated rings. The van der Waals surface area contributed by atoms with Gasteiger partial charge in [-0.1, -0.05) is 19.8 Å². The van der Waals surface area contributed by atoms with Crippen LogP contribution >= 0.6 is 0 Å². The summed E-state index contributed by atoms with van der Waals surface area (Å²) in [4.78, 5) is 17.8. The summed E-state index contributed by atoms with van der Waals surface area (Å²) in [5.41, 5.74) is 1.15. The first-order valence-corrected chi connectivity index (χ1v) is 6.92. The minimum Gasteiger partial charge on any atom is -0.478 e. The zero-order chi connectivity index (χ0) is 14.0. The van der Waals surface area contributed by atoms with E-state index in [2.05, 4.69) is 16.8 Å². The Labute approximate surface area is 114 Å². The average Bonchev–Trinajstić information content (AvgIpc) is 2.37. The molecule has 1 aromatic heterocycles. The van der Waals surface area contributed by atoms with Gasteiger partial charge in [-0.25, -0.2) is 9.78 Å². The second-order valence-corrected chi connectivity index (χ2v) is 5.67. The summed E-state index contributed by atoms with van der Waals surface area (Å²) in [6.45, 7) is 4.16. The summed E-state index contributed by atoms with van der Waals surface area (Å²) in [5, 5.41) is 9.29. The molecule has 0 spiro atoms. The smallest absolute Gasteiger partial charge is 0.339 e. The SMILES string of the molecule is Cc1ccc(C(=O)O)c(N(C)C2CCCC(C)C2)n1. The second-order valence-electron chi connectivity index (χ2n) is 5.67. The molecule has 0 amide bonds. The van der Waals surface area contributed by atoms with Crippen LogP contribution in [0.3, 0.4) is 0 Å². The summed E-state index contributed by atoms with van der Waals surface area (Å²) in [6, 6.07) is 3.81. The van der Waals surface area contributed by atoms with Gasteiger partial charge in [-0.15, -0.1) is 0 Å². The Kier molecular flexibility index (Phi) is 4.08. The van der Waals surface area contributed by atoms with Gasteiger partial charge >= 0.3 is 5.97 Å². The van der Waals surface area contributed by atoms with Gasteiger partial charge in [0.2, 0.25) is 0 Å². The highest BCUT2D eigenvalue weighted by atomic mass is 16.4. The summed E-state index contributed by atoms with van der Waals surface area (Å²) >= 11 is 0. The molecule has 4 heteroatoms. The van der Waals surface area contributed by atoms with Crippen molar-refractivity contribution in [1.82, 2.24) is 4.98 Å². The lowest BCUT2D eigenvalue weighted by atomic mass is 9.86. The van der Waals surface area contributed by atoms with E-state index >= 15 is 0 Å². The van der Waals surface area contributed by atoms with Gasteiger partial charge in [-0.2, -0.15) is 0 Å². The molecule has 4 nitrogen and oxygen atoms in total. The molecule has 0 bridgehead atoms. The molecule has 0 aliphatic heterocycles. The zero-order valence-electron chi connectivity index (χ0n) is 11.9. The quantitative estimate of drug-likeness (QED) is 0.909. The molecule has 2 atom stereocenters. The van der Waals surface area contributed by atoms with E-state index in [0.29, 0.717) is 23.3 Å². The van der Waals surface area contributed by atoms with Gasteiger partial charge in [-0.05, 0) is 37.8 Å². The van der Waals surface area contributed by atoms with E-state index in [1.54, 1.807) is 12.1 Å². The maximum absolute atomic E-state index is 11.3. The maximum atomic E-state index is 11.3. The van der Waals surface area contributed by atoms with E-state index in [9.17, 15) is 9.90 Å². The van der Waals surface area contributed by atoms with E-state index < -0.39 is 5.97 Å². The lowest BCUT2D eigenvalue weighted by Crippen LogP contribution is -2.37. The Bertz CT molecular complexity index is 473. The molecule has 0 aromatic carbocycles. The molecule has 1 aliphatic carbocycles. The number of aryl methyl sites for hydroxylation is 1. The van der Waals surface area contributed by atoms with Gasteiger partial charge in [0.1, 0.15) is 11.4 Å². The fourth-order valence-electron chi connectivity index (χ4n) is 2.91. The van der Waals surface area contributed by atoms with E-state index in [4.69, 9.17) is 0 Å². The second kappa shape index (κ2) is 5.59. The summed E-state index contributed by atoms with van der Waals surface area (Å²) < 4.78 is 0. The Hall–Kier alpha value is -1.58. The number of rotatable bonds is 3.